The zero-order chi connectivity index (χ0) is 29.1. The molecule has 0 aliphatic carbocycles. The second-order valence-corrected chi connectivity index (χ2v) is 12.3. The number of carbonyl (C=O) groups is 4. The maximum Gasteiger partial charge on any atom is 0.276 e. The van der Waals surface area contributed by atoms with Crippen LogP contribution in [-0.2, 0) is 34.6 Å². The SMILES string of the molecule is CC(=O)CCNC(=O)c1cc(NC(=O)C(CCSO)S(=O)(=O)O)cc(NC(=O)C(CCSO)S(=O)(=O)O)c1. The molecule has 1 rings (SSSR count). The van der Waals surface area contributed by atoms with Gasteiger partial charge in [0.2, 0.25) is 11.8 Å². The first-order chi connectivity index (χ1) is 17.6. The van der Waals surface area contributed by atoms with E-state index in [1.54, 1.807) is 0 Å². The molecule has 0 radical (unpaired) electrons. The highest BCUT2D eigenvalue weighted by Gasteiger charge is 2.32. The Morgan fingerprint density at radius 3 is 1.58 bits per heavy atom. The molecule has 38 heavy (non-hydrogen) atoms. The first kappa shape index (κ1) is 33.8. The summed E-state index contributed by atoms with van der Waals surface area (Å²) in [6, 6.07) is 3.22. The molecule has 3 amide bonds. The van der Waals surface area contributed by atoms with Gasteiger partial charge in [-0.15, -0.1) is 0 Å². The van der Waals surface area contributed by atoms with Crippen molar-refractivity contribution in [2.45, 2.75) is 36.7 Å². The van der Waals surface area contributed by atoms with E-state index in [0.29, 0.717) is 0 Å². The lowest BCUT2D eigenvalue weighted by atomic mass is 10.1. The standard InChI is InChI=1S/C19H27N3O12S4/c1-11(23)2-5-20-17(24)12-8-13(21-18(25)15(3-6-35-27)37(29,30)31)10-14(9-12)22-19(26)16(4-7-36-28)38(32,33)34/h8-10,15-16,27-28H,2-7H2,1H3,(H,20,24)(H,21,25)(H,22,26)(H,29,30,31)(H,32,33,34). The van der Waals surface area contributed by atoms with E-state index in [9.17, 15) is 45.1 Å². The number of rotatable bonds is 16. The number of nitrogens with one attached hydrogen (secondary N) is 3. The van der Waals surface area contributed by atoms with Crippen LogP contribution in [0.2, 0.25) is 0 Å². The van der Waals surface area contributed by atoms with Crippen LogP contribution in [-0.4, -0.2) is 87.1 Å². The summed E-state index contributed by atoms with van der Waals surface area (Å²) in [5.41, 5.74) is -0.696. The van der Waals surface area contributed by atoms with Crippen molar-refractivity contribution in [2.75, 3.05) is 28.7 Å². The second-order valence-electron chi connectivity index (χ2n) is 7.74. The molecule has 2 unspecified atom stereocenters. The van der Waals surface area contributed by atoms with Crippen molar-refractivity contribution in [2.24, 2.45) is 0 Å². The number of Topliss-reactive ketones (excluding diaryl/α,β-unsaturated/α-hetero) is 1. The summed E-state index contributed by atoms with van der Waals surface area (Å²) in [5, 5.41) is 2.79. The maximum atomic E-state index is 12.6. The van der Waals surface area contributed by atoms with E-state index >= 15 is 0 Å². The summed E-state index contributed by atoms with van der Waals surface area (Å²) in [4.78, 5) is 48.9. The van der Waals surface area contributed by atoms with Gasteiger partial charge in [0, 0.05) is 41.4 Å². The van der Waals surface area contributed by atoms with E-state index in [-0.39, 0.29) is 71.3 Å². The Morgan fingerprint density at radius 2 is 1.24 bits per heavy atom. The van der Waals surface area contributed by atoms with Crippen LogP contribution in [0.4, 0.5) is 11.4 Å². The van der Waals surface area contributed by atoms with Crippen molar-refractivity contribution in [1.29, 1.82) is 0 Å². The van der Waals surface area contributed by atoms with Crippen LogP contribution in [0.3, 0.4) is 0 Å². The molecule has 15 nitrogen and oxygen atoms in total. The Bertz CT molecular complexity index is 1160. The van der Waals surface area contributed by atoms with Gasteiger partial charge in [-0.25, -0.2) is 0 Å². The van der Waals surface area contributed by atoms with Crippen molar-refractivity contribution in [3.05, 3.63) is 23.8 Å². The zero-order valence-corrected chi connectivity index (χ0v) is 23.1. The molecule has 1 aromatic rings. The van der Waals surface area contributed by atoms with Crippen LogP contribution in [0.25, 0.3) is 0 Å². The van der Waals surface area contributed by atoms with E-state index in [0.717, 1.165) is 18.2 Å². The molecule has 0 spiro atoms. The van der Waals surface area contributed by atoms with Crippen molar-refractivity contribution >= 4 is 79.2 Å². The highest BCUT2D eigenvalue weighted by molar-refractivity contribution is 7.94. The fourth-order valence-corrected chi connectivity index (χ4v) is 5.42. The van der Waals surface area contributed by atoms with Crippen LogP contribution < -0.4 is 16.0 Å². The predicted octanol–water partition coefficient (Wildman–Crippen LogP) is 0.978. The smallest absolute Gasteiger partial charge is 0.276 e. The van der Waals surface area contributed by atoms with Crippen LogP contribution in [0.1, 0.15) is 36.5 Å². The quantitative estimate of drug-likeness (QED) is 0.101. The fourth-order valence-electron chi connectivity index (χ4n) is 2.95. The third-order valence-corrected chi connectivity index (χ3v) is 7.91. The minimum atomic E-state index is -4.90. The summed E-state index contributed by atoms with van der Waals surface area (Å²) in [6.07, 6.45) is -0.942. The monoisotopic (exact) mass is 617 g/mol. The second kappa shape index (κ2) is 15.4. The van der Waals surface area contributed by atoms with Gasteiger partial charge >= 0.3 is 0 Å². The average Bonchev–Trinajstić information content (AvgIpc) is 2.77. The first-order valence-corrected chi connectivity index (χ1v) is 15.5. The lowest BCUT2D eigenvalue weighted by Crippen LogP contribution is -2.36. The molecule has 2 atom stereocenters. The van der Waals surface area contributed by atoms with Crippen LogP contribution >= 0.6 is 24.1 Å². The van der Waals surface area contributed by atoms with E-state index in [2.05, 4.69) is 16.0 Å². The molecule has 1 aromatic carbocycles. The fraction of sp³-hybridized carbons (Fsp3) is 0.474. The van der Waals surface area contributed by atoms with Gasteiger partial charge in [0.05, 0.1) is 0 Å². The molecule has 0 bridgehead atoms. The molecular weight excluding hydrogens is 590 g/mol. The Morgan fingerprint density at radius 1 is 0.816 bits per heavy atom. The molecule has 19 heteroatoms. The topological polar surface area (TPSA) is 254 Å². The van der Waals surface area contributed by atoms with Crippen LogP contribution in [0, 0.1) is 0 Å². The molecule has 0 aliphatic heterocycles. The van der Waals surface area contributed by atoms with E-state index in [1.165, 1.54) is 6.92 Å². The number of ketones is 1. The lowest BCUT2D eigenvalue weighted by molar-refractivity contribution is -0.117. The zero-order valence-electron chi connectivity index (χ0n) is 19.8. The number of amides is 3. The van der Waals surface area contributed by atoms with Crippen LogP contribution in [0.5, 0.6) is 0 Å². The van der Waals surface area contributed by atoms with Gasteiger partial charge in [-0.05, 0) is 62.0 Å². The number of benzene rings is 1. The van der Waals surface area contributed by atoms with Gasteiger partial charge in [-0.3, -0.25) is 28.3 Å². The largest absolute Gasteiger partial charge is 0.352 e. The average molecular weight is 618 g/mol. The van der Waals surface area contributed by atoms with Gasteiger partial charge in [0.25, 0.3) is 26.1 Å². The number of hydrogen-bond donors (Lipinski definition) is 7. The minimum absolute atomic E-state index is 0.00355. The van der Waals surface area contributed by atoms with Crippen molar-refractivity contribution in [3.8, 4) is 0 Å². The molecule has 0 saturated heterocycles. The van der Waals surface area contributed by atoms with E-state index in [1.807, 2.05) is 0 Å². The summed E-state index contributed by atoms with van der Waals surface area (Å²) >= 11 is 0.477. The van der Waals surface area contributed by atoms with Gasteiger partial charge in [0.15, 0.2) is 10.5 Å². The Hall–Kier alpha value is -2.26. The van der Waals surface area contributed by atoms with Gasteiger partial charge < -0.3 is 25.1 Å². The summed E-state index contributed by atoms with van der Waals surface area (Å²) in [7, 11) is -9.81. The maximum absolute atomic E-state index is 12.6. The van der Waals surface area contributed by atoms with E-state index < -0.39 is 61.3 Å². The lowest BCUT2D eigenvalue weighted by Gasteiger charge is -2.17. The predicted molar refractivity (Wildman–Crippen MR) is 141 cm³/mol. The van der Waals surface area contributed by atoms with Crippen molar-refractivity contribution < 1.29 is 54.2 Å². The molecule has 214 valence electrons. The molecule has 0 heterocycles. The normalized spacial score (nSPS) is 13.3. The third kappa shape index (κ3) is 11.6. The molecule has 0 aromatic heterocycles. The first-order valence-electron chi connectivity index (χ1n) is 10.6. The number of anilines is 2. The Labute approximate surface area is 227 Å². The number of hydrogen-bond acceptors (Lipinski definition) is 12. The molecule has 0 aliphatic rings. The summed E-state index contributed by atoms with van der Waals surface area (Å²) in [5.74, 6) is -3.90. The molecule has 0 saturated carbocycles. The number of carbonyl (C=O) groups excluding carboxylic acids is 4. The van der Waals surface area contributed by atoms with Crippen molar-refractivity contribution in [1.82, 2.24) is 5.32 Å². The van der Waals surface area contributed by atoms with Gasteiger partial charge in [0.1, 0.15) is 5.78 Å². The highest BCUT2D eigenvalue weighted by atomic mass is 32.2. The highest BCUT2D eigenvalue weighted by Crippen LogP contribution is 2.22. The Kier molecular flexibility index (Phi) is 13.7. The van der Waals surface area contributed by atoms with E-state index in [4.69, 9.17) is 9.11 Å². The minimum Gasteiger partial charge on any atom is -0.352 e. The van der Waals surface area contributed by atoms with Gasteiger partial charge in [-0.1, -0.05) is 0 Å². The third-order valence-electron chi connectivity index (χ3n) is 4.74. The molecule has 0 fully saturated rings. The van der Waals surface area contributed by atoms with Crippen molar-refractivity contribution in [3.63, 3.8) is 0 Å². The summed E-state index contributed by atoms with van der Waals surface area (Å²) in [6.45, 7) is 1.25. The Balaban J connectivity index is 3.38. The summed E-state index contributed by atoms with van der Waals surface area (Å²) < 4.78 is 83.1. The van der Waals surface area contributed by atoms with Gasteiger partial charge in [-0.2, -0.15) is 16.8 Å². The molecule has 7 N–H and O–H groups in total. The molecular formula is C19H27N3O12S4. The van der Waals surface area contributed by atoms with Crippen LogP contribution in [0.15, 0.2) is 18.2 Å².